The van der Waals surface area contributed by atoms with Gasteiger partial charge in [-0.25, -0.2) is 0 Å². The Labute approximate surface area is 544 Å². The fraction of sp³-hybridized carbons (Fsp3) is 0.309. The molecule has 0 fully saturated rings. The molecule has 0 spiro atoms. The summed E-state index contributed by atoms with van der Waals surface area (Å²) in [5.41, 5.74) is 10.6. The topological polar surface area (TPSA) is 109 Å². The maximum atomic E-state index is 5.37. The number of hydrogen-bond acceptors (Lipinski definition) is 8. The number of fused-ring (bicyclic) bond motifs is 4. The van der Waals surface area contributed by atoms with Crippen LogP contribution in [0.25, 0.3) is 43.4 Å². The molecular weight excluding hydrogens is 1110 g/mol. The largest absolute Gasteiger partial charge is 0.461 e. The van der Waals surface area contributed by atoms with E-state index in [1.165, 1.54) is 60.1 Å². The first-order chi connectivity index (χ1) is 44.0. The van der Waals surface area contributed by atoms with Crippen molar-refractivity contribution in [3.05, 3.63) is 288 Å². The predicted octanol–water partition coefficient (Wildman–Crippen LogP) is 25.6. The van der Waals surface area contributed by atoms with Gasteiger partial charge >= 0.3 is 0 Å². The number of aryl methyl sites for hydroxylation is 8. The normalized spacial score (nSPS) is 8.71. The van der Waals surface area contributed by atoms with Crippen molar-refractivity contribution >= 4 is 43.4 Å². The summed E-state index contributed by atoms with van der Waals surface area (Å²) >= 11 is 0. The maximum absolute atomic E-state index is 5.37. The van der Waals surface area contributed by atoms with Crippen LogP contribution in [-0.4, -0.2) is 25.0 Å². The lowest BCUT2D eigenvalue weighted by molar-refractivity contribution is 0.397. The van der Waals surface area contributed by atoms with Gasteiger partial charge in [0.2, 0.25) is 0 Å². The summed E-state index contributed by atoms with van der Waals surface area (Å²) in [5.74, 6) is 1.83. The zero-order valence-electron chi connectivity index (χ0n) is 59.6. The zero-order valence-corrected chi connectivity index (χ0v) is 59.6. The Bertz CT molecular complexity index is 3380. The molecule has 0 N–H and O–H groups in total. The molecule has 13 aromatic rings. The number of hydrogen-bond donors (Lipinski definition) is 0. The number of rotatable bonds is 2. The highest BCUT2D eigenvalue weighted by molar-refractivity contribution is 5.85. The van der Waals surface area contributed by atoms with Crippen molar-refractivity contribution < 1.29 is 18.0 Å². The van der Waals surface area contributed by atoms with Gasteiger partial charge < -0.3 is 22.6 Å². The van der Waals surface area contributed by atoms with Crippen LogP contribution in [-0.2, 0) is 6.54 Å². The lowest BCUT2D eigenvalue weighted by atomic mass is 10.1. The summed E-state index contributed by atoms with van der Waals surface area (Å²) < 4.78 is 21.1. The molecule has 0 aliphatic rings. The summed E-state index contributed by atoms with van der Waals surface area (Å²) in [5, 5.41) is 18.2. The van der Waals surface area contributed by atoms with Crippen molar-refractivity contribution in [2.75, 3.05) is 0 Å². The summed E-state index contributed by atoms with van der Waals surface area (Å²) in [6.07, 6.45) is 12.5. The van der Waals surface area contributed by atoms with Gasteiger partial charge in [0, 0.05) is 53.6 Å². The highest BCUT2D eigenvalue weighted by Crippen LogP contribution is 2.19. The summed E-state index contributed by atoms with van der Waals surface area (Å²) in [4.78, 5) is 4.22. The quantitative estimate of drug-likeness (QED) is 0.168. The number of nitrogens with zero attached hydrogens (tertiary/aromatic N) is 5. The van der Waals surface area contributed by atoms with Crippen molar-refractivity contribution in [3.8, 4) is 0 Å². The third kappa shape index (κ3) is 37.6. The van der Waals surface area contributed by atoms with Crippen LogP contribution in [0.3, 0.4) is 0 Å². The molecule has 6 heterocycles. The Balaban J connectivity index is -0.000000940. The molecule has 6 aromatic heterocycles. The molecule has 9 heteroatoms. The van der Waals surface area contributed by atoms with Crippen LogP contribution in [0.4, 0.5) is 0 Å². The highest BCUT2D eigenvalue weighted by atomic mass is 16.5. The molecule has 0 bridgehead atoms. The fourth-order valence-electron chi connectivity index (χ4n) is 7.27. The van der Waals surface area contributed by atoms with Gasteiger partial charge in [0.15, 0.2) is 0 Å². The van der Waals surface area contributed by atoms with Crippen LogP contribution in [0.2, 0.25) is 0 Å². The van der Waals surface area contributed by atoms with Crippen molar-refractivity contribution in [1.82, 2.24) is 25.0 Å². The number of para-hydroxylation sites is 1. The predicted molar refractivity (Wildman–Crippen MR) is 394 cm³/mol. The number of pyridine rings is 1. The maximum Gasteiger partial charge on any atom is 0.134 e. The molecular formula is C81H113N5O4. The minimum absolute atomic E-state index is 0.856. The van der Waals surface area contributed by atoms with E-state index in [-0.39, 0.29) is 0 Å². The van der Waals surface area contributed by atoms with Crippen LogP contribution in [0, 0.1) is 55.4 Å². The molecule has 486 valence electrons. The Hall–Kier alpha value is -9.08. The van der Waals surface area contributed by atoms with Gasteiger partial charge in [-0.15, -0.1) is 0 Å². The molecule has 0 aliphatic heterocycles. The molecule has 0 saturated carbocycles. The lowest BCUT2D eigenvalue weighted by Crippen LogP contribution is -1.95. The molecule has 7 aromatic carbocycles. The summed E-state index contributed by atoms with van der Waals surface area (Å²) in [6.45, 7) is 49.0. The molecule has 90 heavy (non-hydrogen) atoms. The molecule has 0 saturated heterocycles. The number of benzene rings is 7. The van der Waals surface area contributed by atoms with Crippen LogP contribution >= 0.6 is 0 Å². The Morgan fingerprint density at radius 3 is 1.43 bits per heavy atom. The number of aromatic nitrogens is 5. The monoisotopic (exact) mass is 1220 g/mol. The van der Waals surface area contributed by atoms with Crippen molar-refractivity contribution in [2.45, 2.75) is 173 Å². The average Bonchev–Trinajstić information content (AvgIpc) is 2.72. The molecule has 0 aliphatic carbocycles. The van der Waals surface area contributed by atoms with E-state index < -0.39 is 0 Å². The van der Waals surface area contributed by atoms with E-state index in [0.717, 1.165) is 40.4 Å². The third-order valence-corrected chi connectivity index (χ3v) is 11.0. The second-order valence-electron chi connectivity index (χ2n) is 17.6. The Kier molecular flexibility index (Phi) is 54.5. The van der Waals surface area contributed by atoms with Crippen molar-refractivity contribution in [3.63, 3.8) is 0 Å². The van der Waals surface area contributed by atoms with Crippen LogP contribution in [0.5, 0.6) is 0 Å². The van der Waals surface area contributed by atoms with E-state index in [1.54, 1.807) is 37.1 Å². The van der Waals surface area contributed by atoms with Crippen LogP contribution in [0.15, 0.2) is 256 Å². The molecule has 0 amide bonds. The van der Waals surface area contributed by atoms with Gasteiger partial charge in [-0.3, -0.25) is 4.98 Å². The highest BCUT2D eigenvalue weighted by Gasteiger charge is 1.97. The molecule has 0 atom stereocenters. The second-order valence-corrected chi connectivity index (χ2v) is 17.6. The van der Waals surface area contributed by atoms with E-state index in [4.69, 9.17) is 4.42 Å². The fourth-order valence-corrected chi connectivity index (χ4v) is 7.27. The summed E-state index contributed by atoms with van der Waals surface area (Å²) in [7, 11) is 0. The third-order valence-electron chi connectivity index (χ3n) is 11.0. The summed E-state index contributed by atoms with van der Waals surface area (Å²) in [6, 6.07) is 66.3. The molecule has 9 nitrogen and oxygen atoms in total. The van der Waals surface area contributed by atoms with Crippen molar-refractivity contribution in [1.29, 1.82) is 0 Å². The van der Waals surface area contributed by atoms with Gasteiger partial charge in [-0.2, -0.15) is 0 Å². The van der Waals surface area contributed by atoms with E-state index >= 15 is 0 Å². The minimum atomic E-state index is 0.856. The first-order valence-corrected chi connectivity index (χ1v) is 32.4. The van der Waals surface area contributed by atoms with E-state index in [0.29, 0.717) is 0 Å². The smallest absolute Gasteiger partial charge is 0.134 e. The van der Waals surface area contributed by atoms with E-state index in [1.807, 2.05) is 193 Å². The standard InChI is InChI=1S/C12H13N.2C11H10.C10H9N.C9H8O.3C4H5NO.8C2H6/c1-11-7-8-13(9-11)10-12-5-3-2-4-6-12;1-9-5-4-7-10-6-2-3-8-11(9)10;1-9-6-7-10-4-2-3-5-11(10)8-9;1-8-4-5-10-9(7-8)3-2-6-11-10;1-7-6-8-4-2-3-5-9(8)10-7;1-4-2-5-6-3-4;1-4-2-3-6-5-4;1-4-2-3-5-6-4;8*1-2/h2-9H,10H2,1H3;2*2-8H,1H3;2-7H,1H3;2-6H,1H3;3*2-3H,1H3;8*1-2H3. The zero-order chi connectivity index (χ0) is 68.3. The van der Waals surface area contributed by atoms with Crippen LogP contribution in [0.1, 0.15) is 161 Å². The second kappa shape index (κ2) is 57.7. The molecule has 0 radical (unpaired) electrons. The minimum Gasteiger partial charge on any atom is -0.461 e. The first kappa shape index (κ1) is 85.1. The van der Waals surface area contributed by atoms with Gasteiger partial charge in [0.25, 0.3) is 0 Å². The Morgan fingerprint density at radius 1 is 0.389 bits per heavy atom. The van der Waals surface area contributed by atoms with Gasteiger partial charge in [0.1, 0.15) is 29.6 Å². The average molecular weight is 1220 g/mol. The van der Waals surface area contributed by atoms with Gasteiger partial charge in [0.05, 0.1) is 23.6 Å². The molecule has 13 rings (SSSR count). The van der Waals surface area contributed by atoms with Gasteiger partial charge in [-0.05, 0) is 130 Å². The SMILES string of the molecule is CC.CC.CC.CC.CC.CC.CC.CC.Cc1cc2ccccc2o1.Cc1ccc2ccccc2c1.Cc1ccc2ncccc2c1.Cc1cccc2ccccc12.Cc1ccn(Cc2ccccc2)c1.Cc1ccno1.Cc1ccon1.Cc1cnoc1. The van der Waals surface area contributed by atoms with Crippen LogP contribution < -0.4 is 0 Å². The first-order valence-electron chi connectivity index (χ1n) is 32.4. The number of furan rings is 1. The van der Waals surface area contributed by atoms with Gasteiger partial charge in [-0.1, -0.05) is 283 Å². The lowest BCUT2D eigenvalue weighted by Gasteiger charge is -2.01. The molecule has 0 unspecified atom stereocenters. The van der Waals surface area contributed by atoms with Crippen molar-refractivity contribution in [2.24, 2.45) is 0 Å². The Morgan fingerprint density at radius 2 is 0.944 bits per heavy atom. The van der Waals surface area contributed by atoms with E-state index in [2.05, 4.69) is 212 Å². The van der Waals surface area contributed by atoms with E-state index in [9.17, 15) is 0 Å².